The SMILES string of the molecule is Oc1ccccc1C[NH+]1CC[NH+](Cc2ccccc2O)CC1.[Cl-].[Cl-]. The van der Waals surface area contributed by atoms with Crippen molar-refractivity contribution in [1.82, 2.24) is 0 Å². The van der Waals surface area contributed by atoms with Crippen molar-refractivity contribution in [1.29, 1.82) is 0 Å². The first-order valence-corrected chi connectivity index (χ1v) is 7.93. The fourth-order valence-corrected chi connectivity index (χ4v) is 3.17. The van der Waals surface area contributed by atoms with Crippen LogP contribution in [-0.2, 0) is 13.1 Å². The largest absolute Gasteiger partial charge is 1.00 e. The van der Waals surface area contributed by atoms with Crippen molar-refractivity contribution < 1.29 is 44.8 Å². The molecule has 1 saturated heterocycles. The molecule has 0 aliphatic carbocycles. The van der Waals surface area contributed by atoms with E-state index in [0.29, 0.717) is 11.5 Å². The molecular formula is C18H24Cl2N2O2. The first-order valence-electron chi connectivity index (χ1n) is 7.93. The number of quaternary nitrogens is 2. The second-order valence-corrected chi connectivity index (χ2v) is 6.11. The van der Waals surface area contributed by atoms with Crippen molar-refractivity contribution in [2.45, 2.75) is 13.1 Å². The van der Waals surface area contributed by atoms with Gasteiger partial charge in [0.05, 0.1) is 0 Å². The van der Waals surface area contributed by atoms with Gasteiger partial charge >= 0.3 is 0 Å². The van der Waals surface area contributed by atoms with E-state index in [1.54, 1.807) is 12.1 Å². The number of halogens is 2. The maximum absolute atomic E-state index is 9.87. The molecule has 0 spiro atoms. The van der Waals surface area contributed by atoms with Crippen molar-refractivity contribution in [2.24, 2.45) is 0 Å². The van der Waals surface area contributed by atoms with Gasteiger partial charge in [0.1, 0.15) is 50.8 Å². The van der Waals surface area contributed by atoms with Gasteiger partial charge in [0, 0.05) is 11.1 Å². The summed E-state index contributed by atoms with van der Waals surface area (Å²) in [5.74, 6) is 0.804. The van der Waals surface area contributed by atoms with Gasteiger partial charge in [0.15, 0.2) is 0 Å². The van der Waals surface area contributed by atoms with E-state index in [0.717, 1.165) is 50.4 Å². The maximum Gasteiger partial charge on any atom is 0.127 e. The quantitative estimate of drug-likeness (QED) is 0.432. The minimum atomic E-state index is 0. The van der Waals surface area contributed by atoms with Crippen molar-refractivity contribution in [3.05, 3.63) is 59.7 Å². The van der Waals surface area contributed by atoms with Crippen LogP contribution in [0.5, 0.6) is 11.5 Å². The fourth-order valence-electron chi connectivity index (χ4n) is 3.17. The summed E-state index contributed by atoms with van der Waals surface area (Å²) in [5.41, 5.74) is 2.06. The lowest BCUT2D eigenvalue weighted by Crippen LogP contribution is -3.27. The Bertz CT molecular complexity index is 576. The zero-order valence-corrected chi connectivity index (χ0v) is 15.0. The highest BCUT2D eigenvalue weighted by molar-refractivity contribution is 5.31. The van der Waals surface area contributed by atoms with Crippen LogP contribution in [0.1, 0.15) is 11.1 Å². The normalized spacial score (nSPS) is 19.8. The highest BCUT2D eigenvalue weighted by Gasteiger charge is 2.24. The average Bonchev–Trinajstić information content (AvgIpc) is 2.54. The van der Waals surface area contributed by atoms with Gasteiger partial charge in [-0.15, -0.1) is 0 Å². The molecule has 6 heteroatoms. The first-order chi connectivity index (χ1) is 10.7. The molecule has 24 heavy (non-hydrogen) atoms. The highest BCUT2D eigenvalue weighted by Crippen LogP contribution is 2.14. The third-order valence-electron chi connectivity index (χ3n) is 4.53. The highest BCUT2D eigenvalue weighted by atomic mass is 35.5. The van der Waals surface area contributed by atoms with Gasteiger partial charge in [-0.2, -0.15) is 0 Å². The lowest BCUT2D eigenvalue weighted by atomic mass is 10.1. The molecule has 4 N–H and O–H groups in total. The lowest BCUT2D eigenvalue weighted by Gasteiger charge is -2.30. The van der Waals surface area contributed by atoms with Crippen LogP contribution in [0.3, 0.4) is 0 Å². The van der Waals surface area contributed by atoms with Gasteiger partial charge < -0.3 is 44.8 Å². The molecule has 2 aromatic carbocycles. The zero-order chi connectivity index (χ0) is 15.4. The molecule has 0 bridgehead atoms. The third kappa shape index (κ3) is 5.28. The molecule has 4 nitrogen and oxygen atoms in total. The summed E-state index contributed by atoms with van der Waals surface area (Å²) >= 11 is 0. The van der Waals surface area contributed by atoms with Gasteiger partial charge in [-0.25, -0.2) is 0 Å². The Morgan fingerprint density at radius 3 is 1.29 bits per heavy atom. The molecule has 2 aromatic rings. The van der Waals surface area contributed by atoms with E-state index in [-0.39, 0.29) is 24.8 Å². The van der Waals surface area contributed by atoms with Gasteiger partial charge in [-0.1, -0.05) is 24.3 Å². The molecule has 0 atom stereocenters. The van der Waals surface area contributed by atoms with E-state index in [9.17, 15) is 10.2 Å². The number of piperazine rings is 1. The Labute approximate surface area is 155 Å². The number of nitrogens with one attached hydrogen (secondary N) is 2. The molecule has 1 fully saturated rings. The van der Waals surface area contributed by atoms with E-state index in [1.165, 1.54) is 9.80 Å². The Morgan fingerprint density at radius 2 is 0.958 bits per heavy atom. The lowest BCUT2D eigenvalue weighted by molar-refractivity contribution is -1.02. The van der Waals surface area contributed by atoms with E-state index >= 15 is 0 Å². The van der Waals surface area contributed by atoms with E-state index in [4.69, 9.17) is 0 Å². The summed E-state index contributed by atoms with van der Waals surface area (Å²) in [5, 5.41) is 19.7. The predicted octanol–water partition coefficient (Wildman–Crippen LogP) is -6.41. The molecule has 132 valence electrons. The van der Waals surface area contributed by atoms with Gasteiger partial charge in [0.2, 0.25) is 0 Å². The fraction of sp³-hybridized carbons (Fsp3) is 0.333. The Kier molecular flexibility index (Phi) is 8.36. The number of aromatic hydroxyl groups is 2. The first kappa shape index (κ1) is 20.6. The standard InChI is InChI=1S/C18H22N2O2.2ClH/c21-17-7-3-1-5-15(17)13-19-9-11-20(12-10-19)14-16-6-2-4-8-18(16)22;;/h1-8,21-22H,9-14H2;2*1H. The molecule has 0 saturated carbocycles. The smallest absolute Gasteiger partial charge is 0.127 e. The van der Waals surface area contributed by atoms with Crippen LogP contribution >= 0.6 is 0 Å². The van der Waals surface area contributed by atoms with Crippen LogP contribution in [0.25, 0.3) is 0 Å². The van der Waals surface area contributed by atoms with Crippen LogP contribution in [0.4, 0.5) is 0 Å². The number of phenolic OH excluding ortho intramolecular Hbond substituents is 2. The van der Waals surface area contributed by atoms with Crippen LogP contribution in [0, 0.1) is 0 Å². The van der Waals surface area contributed by atoms with E-state index in [1.807, 2.05) is 36.4 Å². The molecule has 0 radical (unpaired) electrons. The third-order valence-corrected chi connectivity index (χ3v) is 4.53. The second-order valence-electron chi connectivity index (χ2n) is 6.11. The zero-order valence-electron chi connectivity index (χ0n) is 13.5. The van der Waals surface area contributed by atoms with Crippen molar-refractivity contribution >= 4 is 0 Å². The number of hydrogen-bond donors (Lipinski definition) is 4. The Hall–Kier alpha value is -1.46. The van der Waals surface area contributed by atoms with Crippen molar-refractivity contribution in [3.63, 3.8) is 0 Å². The van der Waals surface area contributed by atoms with E-state index in [2.05, 4.69) is 0 Å². The van der Waals surface area contributed by atoms with Gasteiger partial charge in [-0.05, 0) is 24.3 Å². The van der Waals surface area contributed by atoms with Crippen molar-refractivity contribution in [3.8, 4) is 11.5 Å². The Balaban J connectivity index is 0.00000144. The monoisotopic (exact) mass is 370 g/mol. The molecule has 0 aromatic heterocycles. The number of phenols is 2. The number of benzene rings is 2. The number of rotatable bonds is 4. The average molecular weight is 371 g/mol. The van der Waals surface area contributed by atoms with Crippen LogP contribution in [0.2, 0.25) is 0 Å². The molecule has 0 unspecified atom stereocenters. The molecule has 1 aliphatic rings. The minimum absolute atomic E-state index is 0. The van der Waals surface area contributed by atoms with Gasteiger partial charge in [-0.3, -0.25) is 0 Å². The number of para-hydroxylation sites is 2. The maximum atomic E-state index is 9.87. The van der Waals surface area contributed by atoms with Gasteiger partial charge in [0.25, 0.3) is 0 Å². The molecule has 1 aliphatic heterocycles. The van der Waals surface area contributed by atoms with Crippen LogP contribution in [-0.4, -0.2) is 36.4 Å². The molecule has 3 rings (SSSR count). The van der Waals surface area contributed by atoms with E-state index < -0.39 is 0 Å². The molecule has 1 heterocycles. The number of hydrogen-bond acceptors (Lipinski definition) is 2. The minimum Gasteiger partial charge on any atom is -1.00 e. The summed E-state index contributed by atoms with van der Waals surface area (Å²) in [7, 11) is 0. The van der Waals surface area contributed by atoms with Crippen LogP contribution in [0.15, 0.2) is 48.5 Å². The van der Waals surface area contributed by atoms with Crippen LogP contribution < -0.4 is 34.6 Å². The summed E-state index contributed by atoms with van der Waals surface area (Å²) in [4.78, 5) is 3.03. The summed E-state index contributed by atoms with van der Waals surface area (Å²) < 4.78 is 0. The molecule has 0 amide bonds. The predicted molar refractivity (Wildman–Crippen MR) is 85.0 cm³/mol. The second kappa shape index (κ2) is 9.74. The molecular weight excluding hydrogens is 347 g/mol. The summed E-state index contributed by atoms with van der Waals surface area (Å²) in [6.07, 6.45) is 0. The topological polar surface area (TPSA) is 49.3 Å². The summed E-state index contributed by atoms with van der Waals surface area (Å²) in [6.45, 7) is 6.15. The summed E-state index contributed by atoms with van der Waals surface area (Å²) in [6, 6.07) is 15.2. The Morgan fingerprint density at radius 1 is 0.625 bits per heavy atom. The van der Waals surface area contributed by atoms with Crippen molar-refractivity contribution in [2.75, 3.05) is 26.2 Å².